The Bertz CT molecular complexity index is 3220. The highest BCUT2D eigenvalue weighted by molar-refractivity contribution is 7.03. The number of nitrogens with zero attached hydrogens (tertiary/aromatic N) is 10. The SMILES string of the molecule is Cl.O=C(O)c1cn(C2CC2)c2cc(N3CCN(Cc4ccc(-c5csnn5)cc4)CC3)c(F)cc2c1=O.O=C(O)c1cn(C2CC2)c2cc(N3CCN(Cc4ccc(-c5csnn5)cc4)CC3)c(F)cc2c1=O. The molecule has 21 heteroatoms. The van der Waals surface area contributed by atoms with Crippen molar-refractivity contribution in [1.29, 1.82) is 0 Å². The molecule has 2 aliphatic carbocycles. The van der Waals surface area contributed by atoms with Gasteiger partial charge in [0.05, 0.1) is 22.4 Å². The van der Waals surface area contributed by atoms with Crippen LogP contribution in [0.4, 0.5) is 20.2 Å². The van der Waals surface area contributed by atoms with Crippen LogP contribution in [0.15, 0.2) is 106 Å². The van der Waals surface area contributed by atoms with Crippen LogP contribution in [-0.4, -0.2) is 113 Å². The van der Waals surface area contributed by atoms with Crippen LogP contribution in [-0.2, 0) is 13.1 Å². The molecule has 4 aromatic carbocycles. The molecule has 73 heavy (non-hydrogen) atoms. The predicted octanol–water partition coefficient (Wildman–Crippen LogP) is 8.45. The van der Waals surface area contributed by atoms with Crippen molar-refractivity contribution in [2.75, 3.05) is 62.2 Å². The molecule has 4 fully saturated rings. The van der Waals surface area contributed by atoms with Gasteiger partial charge in [0.25, 0.3) is 0 Å². The Morgan fingerprint density at radius 3 is 1.25 bits per heavy atom. The molecule has 0 bridgehead atoms. The van der Waals surface area contributed by atoms with Gasteiger partial charge in [0.2, 0.25) is 10.9 Å². The van der Waals surface area contributed by atoms with Gasteiger partial charge in [-0.2, -0.15) is 0 Å². The monoisotopic (exact) mass is 1050 g/mol. The van der Waals surface area contributed by atoms with Crippen molar-refractivity contribution in [3.63, 3.8) is 0 Å². The third kappa shape index (κ3) is 10.5. The Balaban J connectivity index is 0.000000165. The molecular formula is C52H49ClF2N10O6S2. The lowest BCUT2D eigenvalue weighted by molar-refractivity contribution is 0.0684. The molecule has 0 atom stereocenters. The minimum atomic E-state index is -1.29. The fraction of sp³-hybridized carbons (Fsp3) is 0.308. The number of hydrogen-bond donors (Lipinski definition) is 2. The van der Waals surface area contributed by atoms with Gasteiger partial charge in [0.1, 0.15) is 34.1 Å². The normalized spacial score (nSPS) is 16.3. The Hall–Kier alpha value is -6.97. The van der Waals surface area contributed by atoms with Crippen molar-refractivity contribution in [1.82, 2.24) is 38.1 Å². The van der Waals surface area contributed by atoms with Gasteiger partial charge in [-0.1, -0.05) is 57.5 Å². The van der Waals surface area contributed by atoms with Gasteiger partial charge in [0, 0.05) is 123 Å². The summed E-state index contributed by atoms with van der Waals surface area (Å²) in [5.74, 6) is -3.56. The molecule has 376 valence electrons. The number of rotatable bonds is 12. The number of aromatic nitrogens is 6. The maximum absolute atomic E-state index is 15.2. The molecule has 12 rings (SSSR count). The van der Waals surface area contributed by atoms with Crippen molar-refractivity contribution >= 4 is 80.6 Å². The highest BCUT2D eigenvalue weighted by Gasteiger charge is 2.31. The largest absolute Gasteiger partial charge is 0.477 e. The predicted molar refractivity (Wildman–Crippen MR) is 280 cm³/mol. The number of halogens is 3. The summed E-state index contributed by atoms with van der Waals surface area (Å²) >= 11 is 2.67. The van der Waals surface area contributed by atoms with Crippen LogP contribution in [0.1, 0.15) is 69.6 Å². The van der Waals surface area contributed by atoms with Gasteiger partial charge in [-0.3, -0.25) is 19.4 Å². The zero-order valence-corrected chi connectivity index (χ0v) is 41.7. The Kier molecular flexibility index (Phi) is 14.2. The number of anilines is 2. The number of fused-ring (bicyclic) bond motifs is 2. The fourth-order valence-electron chi connectivity index (χ4n) is 9.77. The molecule has 8 aromatic rings. The highest BCUT2D eigenvalue weighted by atomic mass is 35.5. The maximum atomic E-state index is 15.2. The van der Waals surface area contributed by atoms with Gasteiger partial charge >= 0.3 is 11.9 Å². The molecule has 0 amide bonds. The zero-order valence-electron chi connectivity index (χ0n) is 39.3. The Labute approximate surface area is 431 Å². The first-order valence-electron chi connectivity index (χ1n) is 23.9. The average molecular weight is 1050 g/mol. The van der Waals surface area contributed by atoms with Crippen LogP contribution in [0.2, 0.25) is 0 Å². The van der Waals surface area contributed by atoms with Gasteiger partial charge in [-0.15, -0.1) is 22.6 Å². The van der Waals surface area contributed by atoms with Gasteiger partial charge < -0.3 is 29.1 Å². The minimum absolute atomic E-state index is 0. The van der Waals surface area contributed by atoms with Gasteiger partial charge in [-0.25, -0.2) is 18.4 Å². The molecule has 2 saturated heterocycles. The third-order valence-electron chi connectivity index (χ3n) is 14.0. The number of carboxylic acid groups (broad SMARTS) is 2. The fourth-order valence-corrected chi connectivity index (χ4v) is 10.7. The summed E-state index contributed by atoms with van der Waals surface area (Å²) in [4.78, 5) is 57.3. The lowest BCUT2D eigenvalue weighted by Gasteiger charge is -2.36. The summed E-state index contributed by atoms with van der Waals surface area (Å²) < 4.78 is 41.9. The molecule has 4 aliphatic rings. The van der Waals surface area contributed by atoms with E-state index in [4.69, 9.17) is 0 Å². The first-order valence-corrected chi connectivity index (χ1v) is 25.5. The van der Waals surface area contributed by atoms with E-state index in [1.165, 1.54) is 58.7 Å². The standard InChI is InChI=1S/2C26H24FN5O3S.ClH/c2*27-21-11-19-23(32(18-5-6-18)14-20(25(19)33)26(34)35)12-24(21)31-9-7-30(8-10-31)13-16-1-3-17(4-2-16)22-15-36-29-28-22;/h2*1-4,11-12,14-15,18H,5-10,13H2,(H,34,35);1H. The molecule has 6 heterocycles. The molecule has 2 saturated carbocycles. The Morgan fingerprint density at radius 2 is 0.932 bits per heavy atom. The second-order valence-electron chi connectivity index (χ2n) is 18.8. The molecule has 16 nitrogen and oxygen atoms in total. The van der Waals surface area contributed by atoms with E-state index in [1.807, 2.05) is 29.7 Å². The summed E-state index contributed by atoms with van der Waals surface area (Å²) in [6.07, 6.45) is 6.52. The van der Waals surface area contributed by atoms with E-state index in [0.717, 1.165) is 87.5 Å². The lowest BCUT2D eigenvalue weighted by Crippen LogP contribution is -2.46. The summed E-state index contributed by atoms with van der Waals surface area (Å²) in [6, 6.07) is 22.8. The van der Waals surface area contributed by atoms with Crippen LogP contribution in [0.5, 0.6) is 0 Å². The molecule has 2 N–H and O–H groups in total. The van der Waals surface area contributed by atoms with E-state index < -0.39 is 34.4 Å². The Morgan fingerprint density at radius 1 is 0.562 bits per heavy atom. The summed E-state index contributed by atoms with van der Waals surface area (Å²) in [6.45, 7) is 7.37. The molecule has 0 radical (unpaired) electrons. The van der Waals surface area contributed by atoms with Crippen LogP contribution < -0.4 is 20.7 Å². The number of hydrogen-bond acceptors (Lipinski definition) is 14. The van der Waals surface area contributed by atoms with E-state index in [0.29, 0.717) is 48.6 Å². The second-order valence-corrected chi connectivity index (χ2v) is 20.0. The van der Waals surface area contributed by atoms with Crippen LogP contribution in [0.25, 0.3) is 44.3 Å². The van der Waals surface area contributed by atoms with Gasteiger partial charge in [0.15, 0.2) is 0 Å². The van der Waals surface area contributed by atoms with E-state index in [-0.39, 0.29) is 46.4 Å². The van der Waals surface area contributed by atoms with Gasteiger partial charge in [-0.05, 0) is 84.1 Å². The number of aromatic carboxylic acids is 2. The molecular weight excluding hydrogens is 998 g/mol. The van der Waals surface area contributed by atoms with Crippen molar-refractivity contribution in [2.45, 2.75) is 50.9 Å². The average Bonchev–Trinajstić information content (AvgIpc) is 4.30. The zero-order chi connectivity index (χ0) is 49.6. The van der Waals surface area contributed by atoms with E-state index in [2.05, 4.69) is 77.5 Å². The molecule has 0 unspecified atom stereocenters. The van der Waals surface area contributed by atoms with E-state index in [9.17, 15) is 29.4 Å². The van der Waals surface area contributed by atoms with Crippen molar-refractivity contribution in [3.8, 4) is 22.5 Å². The first-order chi connectivity index (χ1) is 34.9. The number of pyridine rings is 2. The maximum Gasteiger partial charge on any atom is 0.341 e. The number of carbonyl (C=O) groups is 2. The molecule has 4 aromatic heterocycles. The third-order valence-corrected chi connectivity index (χ3v) is 15.0. The van der Waals surface area contributed by atoms with E-state index >= 15 is 8.78 Å². The summed E-state index contributed by atoms with van der Waals surface area (Å²) in [5.41, 5.74) is 6.47. The minimum Gasteiger partial charge on any atom is -0.477 e. The van der Waals surface area contributed by atoms with Crippen LogP contribution >= 0.6 is 35.5 Å². The quantitative estimate of drug-likeness (QED) is 0.119. The smallest absolute Gasteiger partial charge is 0.341 e. The highest BCUT2D eigenvalue weighted by Crippen LogP contribution is 2.40. The van der Waals surface area contributed by atoms with Crippen LogP contribution in [0, 0.1) is 11.6 Å². The van der Waals surface area contributed by atoms with Crippen molar-refractivity contribution in [3.05, 3.63) is 150 Å². The van der Waals surface area contributed by atoms with Crippen LogP contribution in [0.3, 0.4) is 0 Å². The van der Waals surface area contributed by atoms with E-state index in [1.54, 1.807) is 12.1 Å². The molecule has 0 spiro atoms. The number of carboxylic acids is 2. The molecule has 2 aliphatic heterocycles. The second kappa shape index (κ2) is 20.9. The summed E-state index contributed by atoms with van der Waals surface area (Å²) in [7, 11) is 0. The van der Waals surface area contributed by atoms with Crippen molar-refractivity contribution in [2.24, 2.45) is 0 Å². The topological polar surface area (TPSA) is 183 Å². The first kappa shape index (κ1) is 49.6. The lowest BCUT2D eigenvalue weighted by atomic mass is 10.1. The number of benzene rings is 4. The number of piperazine rings is 2. The van der Waals surface area contributed by atoms with Crippen molar-refractivity contribution < 1.29 is 28.6 Å². The summed E-state index contributed by atoms with van der Waals surface area (Å²) in [5, 5.41) is 31.2.